The van der Waals surface area contributed by atoms with Crippen LogP contribution in [0.15, 0.2) is 198 Å². The van der Waals surface area contributed by atoms with Crippen LogP contribution >= 0.6 is 0 Å². The monoisotopic (exact) mass is 662 g/mol. The van der Waals surface area contributed by atoms with Gasteiger partial charge in [0.2, 0.25) is 0 Å². The summed E-state index contributed by atoms with van der Waals surface area (Å²) in [4.78, 5) is 0. The van der Waals surface area contributed by atoms with Crippen molar-refractivity contribution in [1.29, 1.82) is 0 Å². The molecule has 1 heteroatoms. The van der Waals surface area contributed by atoms with E-state index in [-0.39, 0.29) is 79.5 Å². The molecule has 1 heterocycles. The minimum absolute atomic E-state index is 0.0325. The first-order valence-electron chi connectivity index (χ1n) is 23.4. The SMILES string of the molecule is [2H]c1c([2H])c(-c2c([2H])c([2H])c(-c3c4ccccc4c(-c4c([2H])c([2H])c([2H])c5oc6c([2H])c(-c7ccccc7)c([2H])c([2H])c6c45)c4ccccc34)c([2H])c2[2H])c([2H])c([2H])c1-c1ccccc1. The van der Waals surface area contributed by atoms with E-state index < -0.39 is 60.4 Å². The van der Waals surface area contributed by atoms with Crippen molar-refractivity contribution in [1.82, 2.24) is 0 Å². The summed E-state index contributed by atoms with van der Waals surface area (Å²) in [5.74, 6) is 0. The lowest BCUT2D eigenvalue weighted by Gasteiger charge is -2.18. The molecule has 0 atom stereocenters. The lowest BCUT2D eigenvalue weighted by molar-refractivity contribution is 0.669. The van der Waals surface area contributed by atoms with Gasteiger partial charge >= 0.3 is 0 Å². The average Bonchev–Trinajstić information content (AvgIpc) is 3.72. The van der Waals surface area contributed by atoms with Gasteiger partial charge in [0.1, 0.15) is 11.2 Å². The van der Waals surface area contributed by atoms with Crippen LogP contribution in [0.1, 0.15) is 19.2 Å². The fraction of sp³-hybridized carbons (Fsp3) is 0. The maximum Gasteiger partial charge on any atom is 0.136 e. The number of fused-ring (bicyclic) bond motifs is 5. The van der Waals surface area contributed by atoms with Crippen LogP contribution in [0.2, 0.25) is 0 Å². The van der Waals surface area contributed by atoms with Crippen LogP contribution in [-0.4, -0.2) is 0 Å². The van der Waals surface area contributed by atoms with Gasteiger partial charge in [-0.25, -0.2) is 0 Å². The Bertz CT molecular complexity index is 3580. The highest BCUT2D eigenvalue weighted by atomic mass is 16.3. The molecule has 0 bridgehead atoms. The number of benzene rings is 9. The minimum Gasteiger partial charge on any atom is -0.456 e. The van der Waals surface area contributed by atoms with E-state index >= 15 is 0 Å². The number of hydrogen-bond acceptors (Lipinski definition) is 1. The third-order valence-electron chi connectivity index (χ3n) is 9.13. The highest BCUT2D eigenvalue weighted by Crippen LogP contribution is 2.47. The van der Waals surface area contributed by atoms with Crippen molar-refractivity contribution in [2.45, 2.75) is 0 Å². The highest BCUT2D eigenvalue weighted by Gasteiger charge is 2.20. The van der Waals surface area contributed by atoms with Gasteiger partial charge < -0.3 is 4.42 Å². The molecule has 9 aromatic carbocycles. The van der Waals surface area contributed by atoms with Crippen LogP contribution in [0.3, 0.4) is 0 Å². The lowest BCUT2D eigenvalue weighted by atomic mass is 9.84. The Morgan fingerprint density at radius 1 is 0.333 bits per heavy atom. The smallest absolute Gasteiger partial charge is 0.136 e. The largest absolute Gasteiger partial charge is 0.456 e. The fourth-order valence-corrected chi connectivity index (χ4v) is 6.80. The van der Waals surface area contributed by atoms with Crippen LogP contribution in [0.4, 0.5) is 0 Å². The van der Waals surface area contributed by atoms with E-state index in [0.29, 0.717) is 43.8 Å². The van der Waals surface area contributed by atoms with Gasteiger partial charge in [-0.3, -0.25) is 0 Å². The number of rotatable bonds is 5. The van der Waals surface area contributed by atoms with Gasteiger partial charge in [0.25, 0.3) is 0 Å². The molecule has 0 saturated carbocycles. The van der Waals surface area contributed by atoms with Gasteiger partial charge in [0.05, 0.1) is 19.2 Å². The molecule has 0 unspecified atom stereocenters. The molecule has 0 aliphatic carbocycles. The second-order valence-corrected chi connectivity index (χ2v) is 12.1. The Labute approximate surface area is 316 Å². The van der Waals surface area contributed by atoms with E-state index in [4.69, 9.17) is 14.0 Å². The summed E-state index contributed by atoms with van der Waals surface area (Å²) in [6.45, 7) is 0. The maximum atomic E-state index is 9.51. The summed E-state index contributed by atoms with van der Waals surface area (Å²) >= 11 is 0. The molecule has 51 heavy (non-hydrogen) atoms. The summed E-state index contributed by atoms with van der Waals surface area (Å²) in [7, 11) is 0. The van der Waals surface area contributed by atoms with Gasteiger partial charge in [-0.05, 0) is 95.3 Å². The first kappa shape index (κ1) is 18.3. The second kappa shape index (κ2) is 12.0. The Hall–Kier alpha value is -6.70. The highest BCUT2D eigenvalue weighted by molar-refractivity contribution is 6.25. The minimum atomic E-state index is -0.577. The first-order chi connectivity index (χ1) is 31.2. The van der Waals surface area contributed by atoms with Gasteiger partial charge in [-0.15, -0.1) is 0 Å². The van der Waals surface area contributed by atoms with Crippen LogP contribution in [0.25, 0.3) is 99.1 Å². The molecule has 0 aliphatic heterocycles. The summed E-state index contributed by atoms with van der Waals surface area (Å²) in [5, 5.41) is 1.88. The van der Waals surface area contributed by atoms with Gasteiger partial charge in [0, 0.05) is 10.8 Å². The predicted molar refractivity (Wildman–Crippen MR) is 216 cm³/mol. The van der Waals surface area contributed by atoms with E-state index in [0.717, 1.165) is 0 Å². The summed E-state index contributed by atoms with van der Waals surface area (Å²) in [6.07, 6.45) is 0. The Morgan fingerprint density at radius 3 is 1.35 bits per heavy atom. The fourth-order valence-electron chi connectivity index (χ4n) is 6.80. The molecule has 0 amide bonds. The van der Waals surface area contributed by atoms with Crippen molar-refractivity contribution in [3.8, 4) is 55.6 Å². The van der Waals surface area contributed by atoms with Crippen molar-refractivity contribution < 1.29 is 23.6 Å². The van der Waals surface area contributed by atoms with E-state index in [1.54, 1.807) is 109 Å². The summed E-state index contributed by atoms with van der Waals surface area (Å²) in [6, 6.07) is 25.1. The van der Waals surface area contributed by atoms with E-state index in [1.165, 1.54) is 0 Å². The Morgan fingerprint density at radius 2 is 0.784 bits per heavy atom. The molecule has 0 saturated heterocycles. The molecule has 10 aromatic rings. The molecule has 0 spiro atoms. The van der Waals surface area contributed by atoms with Crippen molar-refractivity contribution in [3.05, 3.63) is 194 Å². The second-order valence-electron chi connectivity index (χ2n) is 12.1. The number of hydrogen-bond donors (Lipinski definition) is 0. The van der Waals surface area contributed by atoms with Crippen molar-refractivity contribution in [2.24, 2.45) is 0 Å². The molecular weight excluding hydrogens is 617 g/mol. The van der Waals surface area contributed by atoms with Crippen LogP contribution in [0, 0.1) is 0 Å². The predicted octanol–water partition coefficient (Wildman–Crippen LogP) is 14.2. The standard InChI is InChI=1S/C50H32O/c1-3-12-33(13-4-1)35-22-24-36(25-23-35)37-26-28-38(29-27-37)48-40-16-7-9-18-42(40)49(43-19-10-8-17-41(43)48)45-20-11-21-46-50(45)44-31-30-39(32-47(44)51-46)34-14-5-2-6-15-34/h1-32H/i11D,20D,21D,22D,23D,24D,25D,26D,27D,28D,29D,30D,31D,32D. The quantitative estimate of drug-likeness (QED) is 0.167. The van der Waals surface area contributed by atoms with Gasteiger partial charge in [-0.2, -0.15) is 0 Å². The summed E-state index contributed by atoms with van der Waals surface area (Å²) < 4.78 is 135. The Kier molecular flexibility index (Phi) is 4.32. The lowest BCUT2D eigenvalue weighted by Crippen LogP contribution is -1.91. The molecule has 0 aliphatic rings. The van der Waals surface area contributed by atoms with Gasteiger partial charge in [0.15, 0.2) is 0 Å². The molecule has 0 N–H and O–H groups in total. The average molecular weight is 663 g/mol. The maximum absolute atomic E-state index is 9.51. The number of furan rings is 1. The van der Waals surface area contributed by atoms with Gasteiger partial charge in [-0.1, -0.05) is 176 Å². The summed E-state index contributed by atoms with van der Waals surface area (Å²) in [5.41, 5.74) is 0.859. The van der Waals surface area contributed by atoms with Crippen molar-refractivity contribution in [2.75, 3.05) is 0 Å². The molecular formula is C50H32O. The zero-order chi connectivity index (χ0) is 45.9. The third-order valence-corrected chi connectivity index (χ3v) is 9.13. The van der Waals surface area contributed by atoms with E-state index in [2.05, 4.69) is 0 Å². The zero-order valence-electron chi connectivity index (χ0n) is 40.8. The topological polar surface area (TPSA) is 13.1 Å². The normalized spacial score (nSPS) is 15.4. The van der Waals surface area contributed by atoms with Crippen molar-refractivity contribution >= 4 is 43.5 Å². The Balaban J connectivity index is 1.29. The molecule has 0 fully saturated rings. The molecule has 1 nitrogen and oxygen atoms in total. The molecule has 0 radical (unpaired) electrons. The molecule has 1 aromatic heterocycles. The van der Waals surface area contributed by atoms with Crippen LogP contribution < -0.4 is 0 Å². The van der Waals surface area contributed by atoms with Crippen LogP contribution in [-0.2, 0) is 0 Å². The van der Waals surface area contributed by atoms with Crippen LogP contribution in [0.5, 0.6) is 0 Å². The van der Waals surface area contributed by atoms with E-state index in [1.807, 2.05) is 0 Å². The van der Waals surface area contributed by atoms with E-state index in [9.17, 15) is 9.60 Å². The first-order valence-corrected chi connectivity index (χ1v) is 16.4. The molecule has 10 rings (SSSR count). The molecule has 238 valence electrons. The van der Waals surface area contributed by atoms with Crippen molar-refractivity contribution in [3.63, 3.8) is 0 Å². The zero-order valence-corrected chi connectivity index (χ0v) is 26.8. The third kappa shape index (κ3) is 4.94.